The van der Waals surface area contributed by atoms with Crippen LogP contribution in [0.1, 0.15) is 37.4 Å². The Bertz CT molecular complexity index is 985. The number of carbonyl (C=O) groups excluding carboxylic acids is 2. The summed E-state index contributed by atoms with van der Waals surface area (Å²) in [5.41, 5.74) is 0.891. The second-order valence-electron chi connectivity index (χ2n) is 6.66. The van der Waals surface area contributed by atoms with Crippen molar-refractivity contribution in [2.75, 3.05) is 13.2 Å². The van der Waals surface area contributed by atoms with Crippen molar-refractivity contribution in [3.05, 3.63) is 64.2 Å². The van der Waals surface area contributed by atoms with Crippen LogP contribution in [0.5, 0.6) is 11.5 Å². The highest BCUT2D eigenvalue weighted by atomic mass is 35.5. The first kappa shape index (κ1) is 20.7. The van der Waals surface area contributed by atoms with E-state index in [2.05, 4.69) is 0 Å². The van der Waals surface area contributed by atoms with Crippen molar-refractivity contribution < 1.29 is 24.5 Å². The number of aromatic hydroxyl groups is 1. The molecule has 0 spiro atoms. The summed E-state index contributed by atoms with van der Waals surface area (Å²) in [6, 6.07) is 10.3. The molecule has 1 saturated heterocycles. The predicted octanol–water partition coefficient (Wildman–Crippen LogP) is 4.28. The number of hydrogen-bond acceptors (Lipinski definition) is 5. The third-order valence-electron chi connectivity index (χ3n) is 4.70. The molecule has 1 aliphatic heterocycles. The molecular weight excluding hydrogens is 394 g/mol. The molecule has 0 aromatic heterocycles. The number of amides is 1. The molecule has 1 atom stereocenters. The summed E-state index contributed by atoms with van der Waals surface area (Å²) in [6.07, 6.45) is 0.636. The number of phenols is 1. The lowest BCUT2D eigenvalue weighted by Crippen LogP contribution is -2.30. The van der Waals surface area contributed by atoms with Gasteiger partial charge in [0.1, 0.15) is 5.76 Å². The molecule has 1 fully saturated rings. The second-order valence-corrected chi connectivity index (χ2v) is 7.10. The minimum absolute atomic E-state index is 0.0149. The topological polar surface area (TPSA) is 87.1 Å². The van der Waals surface area contributed by atoms with Gasteiger partial charge < -0.3 is 19.8 Å². The minimum atomic E-state index is -0.797. The highest BCUT2D eigenvalue weighted by Crippen LogP contribution is 2.42. The van der Waals surface area contributed by atoms with Crippen LogP contribution in [0.4, 0.5) is 0 Å². The van der Waals surface area contributed by atoms with Gasteiger partial charge in [0.15, 0.2) is 11.5 Å². The van der Waals surface area contributed by atoms with Gasteiger partial charge >= 0.3 is 0 Å². The van der Waals surface area contributed by atoms with Crippen molar-refractivity contribution in [2.24, 2.45) is 0 Å². The zero-order valence-electron chi connectivity index (χ0n) is 16.2. The number of benzene rings is 2. The highest BCUT2D eigenvalue weighted by Gasteiger charge is 2.45. The molecule has 29 heavy (non-hydrogen) atoms. The van der Waals surface area contributed by atoms with Gasteiger partial charge in [-0.15, -0.1) is 0 Å². The van der Waals surface area contributed by atoms with Crippen molar-refractivity contribution in [1.29, 1.82) is 0 Å². The molecule has 152 valence electrons. The molecule has 1 aliphatic rings. The summed E-state index contributed by atoms with van der Waals surface area (Å²) in [4.78, 5) is 27.0. The van der Waals surface area contributed by atoms with E-state index < -0.39 is 17.7 Å². The van der Waals surface area contributed by atoms with Crippen LogP contribution in [0.2, 0.25) is 5.02 Å². The molecule has 6 nitrogen and oxygen atoms in total. The molecule has 0 aliphatic carbocycles. The fourth-order valence-electron chi connectivity index (χ4n) is 3.46. The van der Waals surface area contributed by atoms with Crippen molar-refractivity contribution in [1.82, 2.24) is 4.90 Å². The van der Waals surface area contributed by atoms with Gasteiger partial charge in [-0.05, 0) is 43.2 Å². The van der Waals surface area contributed by atoms with E-state index in [1.807, 2.05) is 6.92 Å². The van der Waals surface area contributed by atoms with Gasteiger partial charge in [-0.1, -0.05) is 36.7 Å². The molecule has 0 saturated carbocycles. The van der Waals surface area contributed by atoms with E-state index in [0.717, 1.165) is 0 Å². The average Bonchev–Trinajstić information content (AvgIpc) is 2.94. The van der Waals surface area contributed by atoms with Gasteiger partial charge in [0.05, 0.1) is 18.2 Å². The van der Waals surface area contributed by atoms with Crippen LogP contribution in [0.15, 0.2) is 48.0 Å². The molecule has 3 rings (SSSR count). The molecule has 2 aromatic carbocycles. The number of phenolic OH excluding ortho intramolecular Hbond substituents is 1. The summed E-state index contributed by atoms with van der Waals surface area (Å²) >= 11 is 6.03. The summed E-state index contributed by atoms with van der Waals surface area (Å²) in [6.45, 7) is 4.37. The van der Waals surface area contributed by atoms with Crippen molar-refractivity contribution in [3.8, 4) is 11.5 Å². The van der Waals surface area contributed by atoms with Gasteiger partial charge in [-0.25, -0.2) is 0 Å². The maximum absolute atomic E-state index is 12.8. The third kappa shape index (κ3) is 3.93. The van der Waals surface area contributed by atoms with Gasteiger partial charge in [-0.3, -0.25) is 9.59 Å². The maximum atomic E-state index is 12.8. The molecule has 1 unspecified atom stereocenters. The Balaban J connectivity index is 2.20. The number of ether oxygens (including phenoxy) is 1. The molecule has 0 bridgehead atoms. The molecular formula is C22H22ClNO5. The van der Waals surface area contributed by atoms with E-state index in [4.69, 9.17) is 16.3 Å². The van der Waals surface area contributed by atoms with Crippen molar-refractivity contribution >= 4 is 29.1 Å². The normalized spacial score (nSPS) is 18.3. The molecule has 2 aromatic rings. The lowest BCUT2D eigenvalue weighted by atomic mass is 9.95. The minimum Gasteiger partial charge on any atom is -0.507 e. The van der Waals surface area contributed by atoms with E-state index >= 15 is 0 Å². The molecule has 0 radical (unpaired) electrons. The van der Waals surface area contributed by atoms with E-state index in [1.165, 1.54) is 17.0 Å². The first-order chi connectivity index (χ1) is 13.9. The van der Waals surface area contributed by atoms with Crippen LogP contribution in [0.3, 0.4) is 0 Å². The van der Waals surface area contributed by atoms with Crippen LogP contribution in [-0.4, -0.2) is 40.0 Å². The first-order valence-electron chi connectivity index (χ1n) is 9.39. The number of hydrogen-bond donors (Lipinski definition) is 2. The Morgan fingerprint density at radius 1 is 1.17 bits per heavy atom. The number of halogens is 1. The zero-order chi connectivity index (χ0) is 21.1. The average molecular weight is 416 g/mol. The number of ketones is 1. The standard InChI is InChI=1S/C22H22ClNO5/c1-3-10-24-19(13-8-9-16(25)17(12-13)29-4-2)18(21(27)22(24)28)20(26)14-6-5-7-15(23)11-14/h5-9,11-12,19,25-26H,3-4,10H2,1-2H3/b20-18-. The molecule has 1 amide bonds. The van der Waals surface area contributed by atoms with Gasteiger partial charge in [-0.2, -0.15) is 0 Å². The van der Waals surface area contributed by atoms with E-state index in [-0.39, 0.29) is 22.8 Å². The lowest BCUT2D eigenvalue weighted by Gasteiger charge is -2.25. The van der Waals surface area contributed by atoms with Crippen LogP contribution in [0.25, 0.3) is 5.76 Å². The Morgan fingerprint density at radius 3 is 2.59 bits per heavy atom. The number of rotatable bonds is 6. The number of carbonyl (C=O) groups is 2. The zero-order valence-corrected chi connectivity index (χ0v) is 16.9. The fraction of sp³-hybridized carbons (Fsp3) is 0.273. The van der Waals surface area contributed by atoms with Crippen LogP contribution in [0, 0.1) is 0 Å². The van der Waals surface area contributed by atoms with Gasteiger partial charge in [0.25, 0.3) is 11.7 Å². The molecule has 7 heteroatoms. The number of nitrogens with zero attached hydrogens (tertiary/aromatic N) is 1. The summed E-state index contributed by atoms with van der Waals surface area (Å²) in [5, 5.41) is 21.3. The van der Waals surface area contributed by atoms with Crippen LogP contribution >= 0.6 is 11.6 Å². The third-order valence-corrected chi connectivity index (χ3v) is 4.94. The number of aliphatic hydroxyl groups is 1. The van der Waals surface area contributed by atoms with Crippen LogP contribution in [-0.2, 0) is 9.59 Å². The van der Waals surface area contributed by atoms with Crippen LogP contribution < -0.4 is 4.74 Å². The summed E-state index contributed by atoms with van der Waals surface area (Å²) in [5.74, 6) is -1.52. The summed E-state index contributed by atoms with van der Waals surface area (Å²) < 4.78 is 5.45. The quantitative estimate of drug-likeness (QED) is 0.418. The molecule has 1 heterocycles. The predicted molar refractivity (Wildman–Crippen MR) is 110 cm³/mol. The van der Waals surface area contributed by atoms with E-state index in [0.29, 0.717) is 35.7 Å². The summed E-state index contributed by atoms with van der Waals surface area (Å²) in [7, 11) is 0. The second kappa shape index (κ2) is 8.57. The Kier molecular flexibility index (Phi) is 6.13. The Hall–Kier alpha value is -2.99. The highest BCUT2D eigenvalue weighted by molar-refractivity contribution is 6.46. The smallest absolute Gasteiger partial charge is 0.295 e. The Morgan fingerprint density at radius 2 is 1.93 bits per heavy atom. The first-order valence-corrected chi connectivity index (χ1v) is 9.76. The molecule has 2 N–H and O–H groups in total. The number of aliphatic hydroxyl groups excluding tert-OH is 1. The number of Topliss-reactive ketones (excluding diaryl/α,β-unsaturated/α-hetero) is 1. The van der Waals surface area contributed by atoms with E-state index in [9.17, 15) is 19.8 Å². The van der Waals surface area contributed by atoms with Crippen molar-refractivity contribution in [2.45, 2.75) is 26.3 Å². The Labute approximate surface area is 174 Å². The SMILES string of the molecule is CCCN1C(=O)C(=O)/C(=C(\O)c2cccc(Cl)c2)C1c1ccc(O)c(OCC)c1. The van der Waals surface area contributed by atoms with Crippen molar-refractivity contribution in [3.63, 3.8) is 0 Å². The number of likely N-dealkylation sites (tertiary alicyclic amines) is 1. The van der Waals surface area contributed by atoms with E-state index in [1.54, 1.807) is 37.3 Å². The van der Waals surface area contributed by atoms with Gasteiger partial charge in [0.2, 0.25) is 0 Å². The fourth-order valence-corrected chi connectivity index (χ4v) is 3.65. The largest absolute Gasteiger partial charge is 0.507 e. The maximum Gasteiger partial charge on any atom is 0.295 e. The van der Waals surface area contributed by atoms with Gasteiger partial charge in [0, 0.05) is 17.1 Å². The monoisotopic (exact) mass is 415 g/mol. The lowest BCUT2D eigenvalue weighted by molar-refractivity contribution is -0.139.